The number of benzene rings is 2. The molecule has 0 unspecified atom stereocenters. The van der Waals surface area contributed by atoms with Crippen molar-refractivity contribution in [2.24, 2.45) is 12.8 Å². The Morgan fingerprint density at radius 1 is 1.02 bits per heavy atom. The van der Waals surface area contributed by atoms with Crippen LogP contribution in [0.2, 0.25) is 0 Å². The highest BCUT2D eigenvalue weighted by Gasteiger charge is 2.36. The number of methoxy groups -OCH3 is 1. The van der Waals surface area contributed by atoms with Crippen molar-refractivity contribution in [3.63, 3.8) is 0 Å². The summed E-state index contributed by atoms with van der Waals surface area (Å²) in [7, 11) is 3.67. The third-order valence-corrected chi connectivity index (χ3v) is 9.38. The predicted molar refractivity (Wildman–Crippen MR) is 159 cm³/mol. The number of nitrogens with two attached hydrogens (primary N) is 1. The van der Waals surface area contributed by atoms with E-state index in [1.165, 1.54) is 16.5 Å². The fourth-order valence-corrected chi connectivity index (χ4v) is 6.86. The van der Waals surface area contributed by atoms with Crippen molar-refractivity contribution < 1.29 is 14.3 Å². The molecule has 2 aliphatic heterocycles. The van der Waals surface area contributed by atoms with Crippen molar-refractivity contribution in [3.8, 4) is 17.3 Å². The number of ether oxygens (including phenoxy) is 1. The Morgan fingerprint density at radius 2 is 1.80 bits per heavy atom. The first-order chi connectivity index (χ1) is 19.7. The molecule has 9 heteroatoms. The van der Waals surface area contributed by atoms with Gasteiger partial charge in [0, 0.05) is 68.6 Å². The van der Waals surface area contributed by atoms with Gasteiger partial charge in [0.1, 0.15) is 11.3 Å². The third kappa shape index (κ3) is 4.20. The Labute approximate surface area is 239 Å². The van der Waals surface area contributed by atoms with Crippen LogP contribution in [0.25, 0.3) is 33.5 Å². The highest BCUT2D eigenvalue weighted by molar-refractivity contribution is 6.00. The lowest BCUT2D eigenvalue weighted by molar-refractivity contribution is -0.133. The van der Waals surface area contributed by atoms with Crippen LogP contribution in [0.3, 0.4) is 0 Å². The topological polar surface area (TPSA) is 98.6 Å². The van der Waals surface area contributed by atoms with Gasteiger partial charge >= 0.3 is 0 Å². The molecule has 4 aromatic rings. The van der Waals surface area contributed by atoms with Crippen LogP contribution in [0, 0.1) is 0 Å². The molecular weight excluding hydrogens is 516 g/mol. The average molecular weight is 555 g/mol. The first kappa shape index (κ1) is 26.1. The molecule has 2 amide bonds. The van der Waals surface area contributed by atoms with E-state index in [1.54, 1.807) is 14.0 Å². The number of carbonyl (C=O) groups is 2. The molecule has 41 heavy (non-hydrogen) atoms. The number of hydrogen-bond acceptors (Lipinski definition) is 5. The number of aromatic nitrogens is 3. The van der Waals surface area contributed by atoms with Crippen LogP contribution in [-0.2, 0) is 11.8 Å². The number of rotatable bonds is 5. The first-order valence-electron chi connectivity index (χ1n) is 14.8. The van der Waals surface area contributed by atoms with Crippen LogP contribution in [0.5, 0.6) is 5.75 Å². The van der Waals surface area contributed by atoms with Gasteiger partial charge in [-0.15, -0.1) is 0 Å². The van der Waals surface area contributed by atoms with Crippen LogP contribution in [0.15, 0.2) is 36.4 Å². The zero-order chi connectivity index (χ0) is 28.6. The highest BCUT2D eigenvalue weighted by Crippen LogP contribution is 2.46. The number of fused-ring (bicyclic) bond motifs is 2. The number of piperidine rings is 1. The zero-order valence-electron chi connectivity index (χ0n) is 24.3. The Morgan fingerprint density at radius 3 is 2.51 bits per heavy atom. The van der Waals surface area contributed by atoms with Crippen LogP contribution in [0.4, 0.5) is 0 Å². The maximum atomic E-state index is 13.7. The molecule has 0 bridgehead atoms. The Kier molecular flexibility index (Phi) is 6.12. The quantitative estimate of drug-likeness (QED) is 0.393. The van der Waals surface area contributed by atoms with Gasteiger partial charge in [0.2, 0.25) is 5.91 Å². The van der Waals surface area contributed by atoms with E-state index in [1.807, 2.05) is 29.0 Å². The van der Waals surface area contributed by atoms with Crippen molar-refractivity contribution in [3.05, 3.63) is 47.5 Å². The van der Waals surface area contributed by atoms with Gasteiger partial charge in [-0.05, 0) is 56.4 Å². The van der Waals surface area contributed by atoms with Gasteiger partial charge in [-0.1, -0.05) is 18.2 Å². The molecule has 2 atom stereocenters. The average Bonchev–Trinajstić information content (AvgIpc) is 3.61. The molecule has 9 nitrogen and oxygen atoms in total. The number of imidazole rings is 1. The van der Waals surface area contributed by atoms with E-state index in [-0.39, 0.29) is 23.9 Å². The fourth-order valence-electron chi connectivity index (χ4n) is 6.86. The van der Waals surface area contributed by atoms with E-state index in [0.717, 1.165) is 61.3 Å². The highest BCUT2D eigenvalue weighted by atomic mass is 16.5. The van der Waals surface area contributed by atoms with E-state index in [2.05, 4.69) is 40.3 Å². The van der Waals surface area contributed by atoms with Gasteiger partial charge in [-0.2, -0.15) is 0 Å². The first-order valence-corrected chi connectivity index (χ1v) is 14.8. The smallest absolute Gasteiger partial charge is 0.254 e. The maximum Gasteiger partial charge on any atom is 0.254 e. The molecule has 3 fully saturated rings. The molecule has 214 valence electrons. The summed E-state index contributed by atoms with van der Waals surface area (Å²) in [6.45, 7) is 5.82. The standard InChI is InChI=1S/C32H38N6O3/c1-18-8-9-23(33)17-37(18)32(40)21-12-26-30(28(14-21)41-4)35(3)31(34-26)27-13-20-6-5-7-25(22-15-36(16-22)19(2)39)29(20)38(27)24-10-11-24/h5-7,12-14,18,22-24H,8-11,15-17,33H2,1-4H3/t18-,23+/m0/s1. The van der Waals surface area contributed by atoms with E-state index in [9.17, 15) is 9.59 Å². The molecule has 2 saturated heterocycles. The van der Waals surface area contributed by atoms with Crippen molar-refractivity contribution in [2.45, 2.75) is 63.6 Å². The number of aryl methyl sites for hydroxylation is 1. The summed E-state index contributed by atoms with van der Waals surface area (Å²) in [6, 6.07) is 13.1. The van der Waals surface area contributed by atoms with Crippen molar-refractivity contribution in [1.29, 1.82) is 0 Å². The van der Waals surface area contributed by atoms with Gasteiger partial charge in [0.25, 0.3) is 5.91 Å². The molecule has 1 saturated carbocycles. The second-order valence-electron chi connectivity index (χ2n) is 12.2. The van der Waals surface area contributed by atoms with Gasteiger partial charge in [0.15, 0.2) is 5.82 Å². The lowest BCUT2D eigenvalue weighted by atomic mass is 9.90. The van der Waals surface area contributed by atoms with Gasteiger partial charge in [-0.25, -0.2) is 4.98 Å². The van der Waals surface area contributed by atoms with Gasteiger partial charge in [-0.3, -0.25) is 9.59 Å². The number of para-hydroxylation sites is 1. The normalized spacial score (nSPS) is 21.5. The Balaban J connectivity index is 1.34. The van der Waals surface area contributed by atoms with E-state index in [0.29, 0.717) is 29.8 Å². The number of likely N-dealkylation sites (tertiary alicyclic amines) is 2. The minimum Gasteiger partial charge on any atom is -0.494 e. The van der Waals surface area contributed by atoms with E-state index >= 15 is 0 Å². The summed E-state index contributed by atoms with van der Waals surface area (Å²) in [5.41, 5.74) is 12.0. The van der Waals surface area contributed by atoms with Crippen molar-refractivity contribution in [2.75, 3.05) is 26.7 Å². The fraction of sp³-hybridized carbons (Fsp3) is 0.469. The molecule has 0 spiro atoms. The summed E-state index contributed by atoms with van der Waals surface area (Å²) in [5.74, 6) is 1.92. The molecule has 3 aliphatic rings. The van der Waals surface area contributed by atoms with Gasteiger partial charge in [0.05, 0.1) is 23.8 Å². The van der Waals surface area contributed by atoms with Crippen LogP contribution >= 0.6 is 0 Å². The minimum absolute atomic E-state index is 0.00179. The van der Waals surface area contributed by atoms with Crippen LogP contribution in [-0.4, -0.2) is 74.6 Å². The number of hydrogen-bond donors (Lipinski definition) is 1. The minimum atomic E-state index is -0.0307. The Hall–Kier alpha value is -3.85. The molecule has 2 N–H and O–H groups in total. The molecule has 2 aromatic heterocycles. The zero-order valence-corrected chi connectivity index (χ0v) is 24.3. The molecular formula is C32H38N6O3. The number of nitrogens with zero attached hydrogens (tertiary/aromatic N) is 5. The molecule has 7 rings (SSSR count). The number of amides is 2. The molecule has 1 aliphatic carbocycles. The van der Waals surface area contributed by atoms with Gasteiger partial charge < -0.3 is 29.4 Å². The third-order valence-electron chi connectivity index (χ3n) is 9.38. The maximum absolute atomic E-state index is 13.7. The lowest BCUT2D eigenvalue weighted by Crippen LogP contribution is -2.50. The van der Waals surface area contributed by atoms with E-state index < -0.39 is 0 Å². The second-order valence-corrected chi connectivity index (χ2v) is 12.2. The summed E-state index contributed by atoms with van der Waals surface area (Å²) >= 11 is 0. The predicted octanol–water partition coefficient (Wildman–Crippen LogP) is 4.44. The summed E-state index contributed by atoms with van der Waals surface area (Å²) < 4.78 is 10.4. The summed E-state index contributed by atoms with van der Waals surface area (Å²) in [4.78, 5) is 34.5. The van der Waals surface area contributed by atoms with Crippen molar-refractivity contribution >= 4 is 33.8 Å². The summed E-state index contributed by atoms with van der Waals surface area (Å²) in [5, 5.41) is 1.19. The Bertz CT molecular complexity index is 1690. The molecule has 2 aromatic carbocycles. The van der Waals surface area contributed by atoms with Crippen molar-refractivity contribution in [1.82, 2.24) is 23.9 Å². The molecule has 0 radical (unpaired) electrons. The largest absolute Gasteiger partial charge is 0.494 e. The van der Waals surface area contributed by atoms with Crippen LogP contribution < -0.4 is 10.5 Å². The monoisotopic (exact) mass is 554 g/mol. The summed E-state index contributed by atoms with van der Waals surface area (Å²) in [6.07, 6.45) is 4.11. The molecule has 4 heterocycles. The van der Waals surface area contributed by atoms with Crippen LogP contribution in [0.1, 0.15) is 67.4 Å². The second kappa shape index (κ2) is 9.62. The van der Waals surface area contributed by atoms with E-state index in [4.69, 9.17) is 15.5 Å². The lowest BCUT2D eigenvalue weighted by Gasteiger charge is -2.39. The SMILES string of the molecule is COc1cc(C(=O)N2C[C@H](N)CC[C@@H]2C)cc2nc(-c3cc4cccc(C5CN(C(C)=O)C5)c4n3C3CC3)n(C)c12. The number of carbonyl (C=O) groups excluding carboxylic acids is 2.